The van der Waals surface area contributed by atoms with Crippen molar-refractivity contribution in [3.05, 3.63) is 78.1 Å². The number of aromatic nitrogens is 3. The van der Waals surface area contributed by atoms with Crippen LogP contribution >= 0.6 is 0 Å². The highest BCUT2D eigenvalue weighted by Gasteiger charge is 2.22. The van der Waals surface area contributed by atoms with E-state index in [-0.39, 0.29) is 20.0 Å². The van der Waals surface area contributed by atoms with Crippen molar-refractivity contribution in [2.45, 2.75) is 13.5 Å². The number of rotatable bonds is 9. The van der Waals surface area contributed by atoms with Crippen molar-refractivity contribution in [1.29, 1.82) is 0 Å². The van der Waals surface area contributed by atoms with E-state index in [0.717, 1.165) is 11.1 Å². The average Bonchev–Trinajstić information content (AvgIpc) is 3.34. The van der Waals surface area contributed by atoms with Gasteiger partial charge in [-0.15, -0.1) is 0 Å². The molecule has 0 spiro atoms. The van der Waals surface area contributed by atoms with Gasteiger partial charge in [0.25, 0.3) is 0 Å². The molecule has 160 valence electrons. The topological polar surface area (TPSA) is 102 Å². The molecule has 3 heterocycles. The Balaban J connectivity index is 1.57. The van der Waals surface area contributed by atoms with Gasteiger partial charge in [-0.25, -0.2) is 9.97 Å². The number of hydrogen-bond acceptors (Lipinski definition) is 9. The molecule has 2 aromatic heterocycles. The van der Waals surface area contributed by atoms with E-state index in [1.807, 2.05) is 42.2 Å². The van der Waals surface area contributed by atoms with E-state index in [2.05, 4.69) is 15.3 Å². The number of hydrogen-bond donors (Lipinski definition) is 2. The number of nitrogens with one attached hydrogen (secondary N) is 1. The van der Waals surface area contributed by atoms with Crippen molar-refractivity contribution in [1.82, 2.24) is 15.0 Å². The molecular formula is C22H23N5O4. The van der Waals surface area contributed by atoms with E-state index in [1.165, 1.54) is 0 Å². The summed E-state index contributed by atoms with van der Waals surface area (Å²) in [5.74, 6) is 2.14. The maximum absolute atomic E-state index is 8.84. The molecule has 0 amide bonds. The fourth-order valence-corrected chi connectivity index (χ4v) is 2.98. The summed E-state index contributed by atoms with van der Waals surface area (Å²) < 4.78 is 16.2. The lowest BCUT2D eigenvalue weighted by molar-refractivity contribution is 0.0781. The first-order valence-electron chi connectivity index (χ1n) is 9.79. The Hall–Kier alpha value is -3.85. The number of benzene rings is 1. The zero-order chi connectivity index (χ0) is 21.5. The summed E-state index contributed by atoms with van der Waals surface area (Å²) in [6, 6.07) is 13.6. The van der Waals surface area contributed by atoms with Crippen molar-refractivity contribution in [3.63, 3.8) is 0 Å². The zero-order valence-electron chi connectivity index (χ0n) is 17.1. The molecule has 0 unspecified atom stereocenters. The lowest BCUT2D eigenvalue weighted by atomic mass is 10.2. The van der Waals surface area contributed by atoms with Crippen LogP contribution < -0.4 is 15.0 Å². The van der Waals surface area contributed by atoms with Crippen LogP contribution in [0.3, 0.4) is 0 Å². The standard InChI is InChI=1S/C22H23N5O4/c1-16-11-24-22(25-18-7-8-19(23-12-18)30-10-9-28)26-21(16)27(20-14-29-15-31-20)13-17-5-3-2-4-6-17/h2-8,11-12,14,28H,9-10,13,15H2,1H3,(H,24,25,26). The first-order chi connectivity index (χ1) is 15.2. The molecule has 2 N–H and O–H groups in total. The smallest absolute Gasteiger partial charge is 0.234 e. The van der Waals surface area contributed by atoms with Crippen LogP contribution in [-0.2, 0) is 16.0 Å². The fraction of sp³-hybridized carbons (Fsp3) is 0.227. The number of pyridine rings is 1. The van der Waals surface area contributed by atoms with Crippen LogP contribution in [0.1, 0.15) is 11.1 Å². The first kappa shape index (κ1) is 20.4. The van der Waals surface area contributed by atoms with Crippen LogP contribution in [0, 0.1) is 6.92 Å². The monoisotopic (exact) mass is 421 g/mol. The molecule has 0 radical (unpaired) electrons. The molecule has 1 aromatic carbocycles. The van der Waals surface area contributed by atoms with Crippen LogP contribution in [0.15, 0.2) is 67.0 Å². The quantitative estimate of drug-likeness (QED) is 0.539. The lowest BCUT2D eigenvalue weighted by Crippen LogP contribution is -2.24. The number of aliphatic hydroxyl groups excluding tert-OH is 1. The lowest BCUT2D eigenvalue weighted by Gasteiger charge is -2.24. The van der Waals surface area contributed by atoms with Crippen molar-refractivity contribution in [3.8, 4) is 5.88 Å². The molecular weight excluding hydrogens is 398 g/mol. The normalized spacial score (nSPS) is 12.5. The van der Waals surface area contributed by atoms with Gasteiger partial charge in [0.2, 0.25) is 24.5 Å². The molecule has 31 heavy (non-hydrogen) atoms. The summed E-state index contributed by atoms with van der Waals surface area (Å²) in [4.78, 5) is 15.3. The van der Waals surface area contributed by atoms with Crippen LogP contribution in [0.2, 0.25) is 0 Å². The van der Waals surface area contributed by atoms with E-state index in [4.69, 9.17) is 24.3 Å². The molecule has 1 aliphatic rings. The Labute approximate surface area is 180 Å². The van der Waals surface area contributed by atoms with Crippen LogP contribution in [-0.4, -0.2) is 40.1 Å². The molecule has 0 fully saturated rings. The largest absolute Gasteiger partial charge is 0.475 e. The Morgan fingerprint density at radius 3 is 2.71 bits per heavy atom. The molecule has 0 aliphatic carbocycles. The second-order valence-electron chi connectivity index (χ2n) is 6.74. The number of ether oxygens (including phenoxy) is 3. The minimum Gasteiger partial charge on any atom is -0.475 e. The molecule has 9 nitrogen and oxygen atoms in total. The minimum atomic E-state index is -0.0632. The summed E-state index contributed by atoms with van der Waals surface area (Å²) in [7, 11) is 0. The van der Waals surface area contributed by atoms with Gasteiger partial charge in [-0.2, -0.15) is 4.98 Å². The second-order valence-corrected chi connectivity index (χ2v) is 6.74. The average molecular weight is 421 g/mol. The third-order valence-corrected chi connectivity index (χ3v) is 4.44. The second kappa shape index (κ2) is 9.77. The molecule has 3 aromatic rings. The Bertz CT molecular complexity index is 1030. The Kier molecular flexibility index (Phi) is 6.44. The number of aliphatic hydroxyl groups is 1. The van der Waals surface area contributed by atoms with E-state index in [1.54, 1.807) is 30.8 Å². The highest BCUT2D eigenvalue weighted by atomic mass is 16.7. The van der Waals surface area contributed by atoms with E-state index < -0.39 is 0 Å². The third-order valence-electron chi connectivity index (χ3n) is 4.44. The fourth-order valence-electron chi connectivity index (χ4n) is 2.98. The Morgan fingerprint density at radius 1 is 1.13 bits per heavy atom. The molecule has 0 saturated heterocycles. The molecule has 4 rings (SSSR count). The maximum atomic E-state index is 8.84. The minimum absolute atomic E-state index is 0.0632. The SMILES string of the molecule is Cc1cnc(Nc2ccc(OCCO)nc2)nc1N(Cc1ccccc1)C1=COCO1. The summed E-state index contributed by atoms with van der Waals surface area (Å²) >= 11 is 0. The van der Waals surface area contributed by atoms with Gasteiger partial charge in [0.1, 0.15) is 18.7 Å². The first-order valence-corrected chi connectivity index (χ1v) is 9.79. The van der Waals surface area contributed by atoms with Gasteiger partial charge in [-0.05, 0) is 18.6 Å². The third kappa shape index (κ3) is 5.20. The number of nitrogens with zero attached hydrogens (tertiary/aromatic N) is 4. The van der Waals surface area contributed by atoms with Crippen molar-refractivity contribution < 1.29 is 19.3 Å². The predicted molar refractivity (Wildman–Crippen MR) is 115 cm³/mol. The number of anilines is 3. The number of aryl methyl sites for hydroxylation is 1. The van der Waals surface area contributed by atoms with Gasteiger partial charge in [0.05, 0.1) is 25.0 Å². The molecule has 0 saturated carbocycles. The van der Waals surface area contributed by atoms with Gasteiger partial charge < -0.3 is 24.6 Å². The van der Waals surface area contributed by atoms with Gasteiger partial charge in [0.15, 0.2) is 0 Å². The van der Waals surface area contributed by atoms with E-state index in [0.29, 0.717) is 35.8 Å². The van der Waals surface area contributed by atoms with Gasteiger partial charge in [-0.1, -0.05) is 30.3 Å². The highest BCUT2D eigenvalue weighted by Crippen LogP contribution is 2.27. The molecule has 1 aliphatic heterocycles. The van der Waals surface area contributed by atoms with Crippen molar-refractivity contribution in [2.24, 2.45) is 0 Å². The van der Waals surface area contributed by atoms with E-state index >= 15 is 0 Å². The summed E-state index contributed by atoms with van der Waals surface area (Å²) in [5.41, 5.74) is 2.71. The van der Waals surface area contributed by atoms with Gasteiger partial charge >= 0.3 is 0 Å². The van der Waals surface area contributed by atoms with Crippen molar-refractivity contribution >= 4 is 17.5 Å². The predicted octanol–water partition coefficient (Wildman–Crippen LogP) is 3.10. The Morgan fingerprint density at radius 2 is 2.00 bits per heavy atom. The molecule has 9 heteroatoms. The molecule has 0 atom stereocenters. The molecule has 0 bridgehead atoms. The van der Waals surface area contributed by atoms with Crippen LogP contribution in [0.4, 0.5) is 17.5 Å². The zero-order valence-corrected chi connectivity index (χ0v) is 17.1. The van der Waals surface area contributed by atoms with Gasteiger partial charge in [-0.3, -0.25) is 4.90 Å². The van der Waals surface area contributed by atoms with Crippen LogP contribution in [0.25, 0.3) is 0 Å². The maximum Gasteiger partial charge on any atom is 0.234 e. The van der Waals surface area contributed by atoms with Crippen LogP contribution in [0.5, 0.6) is 5.88 Å². The van der Waals surface area contributed by atoms with Crippen molar-refractivity contribution in [2.75, 3.05) is 30.2 Å². The van der Waals surface area contributed by atoms with E-state index in [9.17, 15) is 0 Å². The summed E-state index contributed by atoms with van der Waals surface area (Å²) in [6.07, 6.45) is 4.96. The summed E-state index contributed by atoms with van der Waals surface area (Å²) in [6.45, 7) is 2.82. The van der Waals surface area contributed by atoms with Gasteiger partial charge in [0, 0.05) is 17.8 Å². The highest BCUT2D eigenvalue weighted by molar-refractivity contribution is 5.58. The summed E-state index contributed by atoms with van der Waals surface area (Å²) in [5, 5.41) is 12.0.